The van der Waals surface area contributed by atoms with E-state index in [0.717, 1.165) is 46.7 Å². The highest BCUT2D eigenvalue weighted by atomic mass is 16.6. The summed E-state index contributed by atoms with van der Waals surface area (Å²) in [6.45, 7) is 6.49. The van der Waals surface area contributed by atoms with Crippen molar-refractivity contribution in [3.05, 3.63) is 106 Å². The molecule has 3 aromatic rings. The van der Waals surface area contributed by atoms with E-state index in [4.69, 9.17) is 4.74 Å². The van der Waals surface area contributed by atoms with E-state index in [2.05, 4.69) is 80.3 Å². The van der Waals surface area contributed by atoms with Crippen LogP contribution in [0.25, 0.3) is 22.9 Å². The smallest absolute Gasteiger partial charge is 0.185 e. The van der Waals surface area contributed by atoms with Crippen LogP contribution in [0.2, 0.25) is 0 Å². The maximum Gasteiger partial charge on any atom is 0.185 e. The monoisotopic (exact) mass is 628 g/mol. The number of Topliss-reactive ketones (excluding diaryl/α,β-unsaturated/α-hetero) is 1. The highest BCUT2D eigenvalue weighted by Crippen LogP contribution is 2.74. The van der Waals surface area contributed by atoms with Gasteiger partial charge in [-0.2, -0.15) is 0 Å². The summed E-state index contributed by atoms with van der Waals surface area (Å²) in [6.07, 6.45) is 13.0. The van der Waals surface area contributed by atoms with Crippen LogP contribution in [0.15, 0.2) is 72.8 Å². The second kappa shape index (κ2) is 9.85. The van der Waals surface area contributed by atoms with Gasteiger partial charge in [0, 0.05) is 42.8 Å². The molecule has 9 atom stereocenters. The van der Waals surface area contributed by atoms with E-state index in [1.54, 1.807) is 0 Å². The van der Waals surface area contributed by atoms with Crippen LogP contribution in [0.1, 0.15) is 78.3 Å². The van der Waals surface area contributed by atoms with E-state index in [9.17, 15) is 20.1 Å². The van der Waals surface area contributed by atoms with Crippen molar-refractivity contribution in [2.45, 2.75) is 75.1 Å². The molecule has 0 radical (unpaired) electrons. The zero-order chi connectivity index (χ0) is 32.5. The molecule has 0 heterocycles. The minimum Gasteiger partial charge on any atom is -0.396 e. The summed E-state index contributed by atoms with van der Waals surface area (Å²) in [4.78, 5) is 15.0. The SMILES string of the molecule is C=C1[C@H]2[C@@H](CO)C[C@@]3(C(=O)CCc4cccc5c4C=C[C@H]4CCC[C@]54[C@@H]4c5cc6cc(ccc6cc5C=C[C@@H]4O)C[C@]13C)[C@@]2(O)OC. The first-order valence-corrected chi connectivity index (χ1v) is 17.5. The lowest BCUT2D eigenvalue weighted by molar-refractivity contribution is -0.254. The van der Waals surface area contributed by atoms with Crippen LogP contribution in [-0.4, -0.2) is 46.7 Å². The molecule has 0 saturated heterocycles. The predicted molar refractivity (Wildman–Crippen MR) is 184 cm³/mol. The number of aliphatic hydroxyl groups is 3. The van der Waals surface area contributed by atoms with Gasteiger partial charge in [0.1, 0.15) is 5.78 Å². The molecule has 9 bridgehead atoms. The van der Waals surface area contributed by atoms with Crippen LogP contribution in [0.3, 0.4) is 0 Å². The first kappa shape index (κ1) is 29.8. The lowest BCUT2D eigenvalue weighted by atomic mass is 9.54. The van der Waals surface area contributed by atoms with Gasteiger partial charge in [0.05, 0.1) is 11.5 Å². The fourth-order valence-electron chi connectivity index (χ4n) is 12.1. The standard InChI is InChI=1S/C42H44O5/c1-24-37-30(23-43)22-41(42(37,46)47-3)36(45)16-12-26-6-4-8-34-32(26)14-13-31-7-5-17-40(31,34)38-33-20-29-18-25(21-39(24,41)2)9-10-27(29)19-28(33)11-15-35(38)44/h4,6,8-11,13-15,18-20,30-31,35,37-38,43-44,46H,1,5,7,12,16-17,21-23H2,2-3H3/t30-,31-,35+,37+,38-,39-,40-,41+,42+/m1/s1. The Morgan fingerprint density at radius 3 is 2.68 bits per heavy atom. The maximum absolute atomic E-state index is 15.0. The number of hydrogen-bond donors (Lipinski definition) is 3. The number of hydrogen-bond acceptors (Lipinski definition) is 5. The second-order valence-corrected chi connectivity index (χ2v) is 15.7. The average Bonchev–Trinajstić information content (AvgIpc) is 3.67. The summed E-state index contributed by atoms with van der Waals surface area (Å²) in [5.74, 6) is -2.39. The molecule has 3 fully saturated rings. The molecule has 6 aliphatic carbocycles. The number of allylic oxidation sites excluding steroid dienone is 1. The summed E-state index contributed by atoms with van der Waals surface area (Å²) in [5.41, 5.74) is 5.51. The largest absolute Gasteiger partial charge is 0.396 e. The van der Waals surface area contributed by atoms with Crippen molar-refractivity contribution in [1.82, 2.24) is 0 Å². The van der Waals surface area contributed by atoms with E-state index in [0.29, 0.717) is 25.2 Å². The molecule has 47 heavy (non-hydrogen) atoms. The van der Waals surface area contributed by atoms with Crippen molar-refractivity contribution in [2.75, 3.05) is 13.7 Å². The molecule has 2 spiro atoms. The minimum atomic E-state index is -1.75. The van der Waals surface area contributed by atoms with E-state index in [-0.39, 0.29) is 36.1 Å². The number of ether oxygens (including phenoxy) is 1. The van der Waals surface area contributed by atoms with Crippen molar-refractivity contribution in [3.8, 4) is 0 Å². The Kier molecular flexibility index (Phi) is 6.24. The third kappa shape index (κ3) is 3.46. The highest BCUT2D eigenvalue weighted by Gasteiger charge is 2.80. The maximum atomic E-state index is 15.0. The molecule has 3 N–H and O–H groups in total. The summed E-state index contributed by atoms with van der Waals surface area (Å²) in [7, 11) is 1.49. The first-order valence-electron chi connectivity index (χ1n) is 17.5. The van der Waals surface area contributed by atoms with Gasteiger partial charge < -0.3 is 20.1 Å². The molecule has 5 heteroatoms. The number of fused-ring (bicyclic) bond motifs is 2. The van der Waals surface area contributed by atoms with Crippen LogP contribution in [0.5, 0.6) is 0 Å². The Morgan fingerprint density at radius 1 is 1.02 bits per heavy atom. The molecule has 3 aromatic carbocycles. The first-order chi connectivity index (χ1) is 22.6. The van der Waals surface area contributed by atoms with E-state index < -0.39 is 28.6 Å². The molecular formula is C42H44O5. The Morgan fingerprint density at radius 2 is 1.87 bits per heavy atom. The molecule has 0 aromatic heterocycles. The van der Waals surface area contributed by atoms with Gasteiger partial charge in [0.2, 0.25) is 0 Å². The molecule has 0 unspecified atom stereocenters. The van der Waals surface area contributed by atoms with Gasteiger partial charge in [-0.15, -0.1) is 0 Å². The summed E-state index contributed by atoms with van der Waals surface area (Å²) < 4.78 is 6.00. The molecule has 5 nitrogen and oxygen atoms in total. The lowest BCUT2D eigenvalue weighted by Crippen LogP contribution is -2.56. The molecule has 9 rings (SSSR count). The number of aryl methyl sites for hydroxylation is 1. The molecule has 0 aliphatic heterocycles. The quantitative estimate of drug-likeness (QED) is 0.218. The number of carbonyl (C=O) groups excluding carboxylic acids is 1. The van der Waals surface area contributed by atoms with Crippen molar-refractivity contribution < 1.29 is 24.9 Å². The summed E-state index contributed by atoms with van der Waals surface area (Å²) >= 11 is 0. The number of rotatable bonds is 2. The third-order valence-electron chi connectivity index (χ3n) is 14.1. The molecule has 6 aliphatic rings. The van der Waals surface area contributed by atoms with Crippen LogP contribution >= 0.6 is 0 Å². The third-order valence-corrected chi connectivity index (χ3v) is 14.1. The molecular weight excluding hydrogens is 584 g/mol. The number of carbonyl (C=O) groups is 1. The Labute approximate surface area is 276 Å². The van der Waals surface area contributed by atoms with Gasteiger partial charge in [0.15, 0.2) is 5.79 Å². The molecule has 3 saturated carbocycles. The van der Waals surface area contributed by atoms with E-state index in [1.165, 1.54) is 29.4 Å². The highest BCUT2D eigenvalue weighted by molar-refractivity contribution is 5.91. The number of methoxy groups -OCH3 is 1. The van der Waals surface area contributed by atoms with Gasteiger partial charge >= 0.3 is 0 Å². The van der Waals surface area contributed by atoms with Gasteiger partial charge in [-0.25, -0.2) is 0 Å². The average molecular weight is 629 g/mol. The van der Waals surface area contributed by atoms with Crippen molar-refractivity contribution in [2.24, 2.45) is 28.6 Å². The minimum absolute atomic E-state index is 0.0255. The number of benzene rings is 3. The number of aliphatic hydroxyl groups excluding tert-OH is 2. The van der Waals surface area contributed by atoms with Gasteiger partial charge in [-0.1, -0.05) is 92.3 Å². The summed E-state index contributed by atoms with van der Waals surface area (Å²) in [6, 6.07) is 17.7. The van der Waals surface area contributed by atoms with Crippen molar-refractivity contribution in [3.63, 3.8) is 0 Å². The van der Waals surface area contributed by atoms with Crippen molar-refractivity contribution >= 4 is 28.7 Å². The van der Waals surface area contributed by atoms with Gasteiger partial charge in [-0.3, -0.25) is 4.79 Å². The van der Waals surface area contributed by atoms with Crippen molar-refractivity contribution in [1.29, 1.82) is 0 Å². The van der Waals surface area contributed by atoms with Crippen LogP contribution < -0.4 is 0 Å². The zero-order valence-corrected chi connectivity index (χ0v) is 27.3. The normalized spacial score (nSPS) is 39.6. The second-order valence-electron chi connectivity index (χ2n) is 15.7. The predicted octanol–water partition coefficient (Wildman–Crippen LogP) is 6.66. The fraction of sp³-hybridized carbons (Fsp3) is 0.452. The fourth-order valence-corrected chi connectivity index (χ4v) is 12.1. The Hall–Kier alpha value is -3.35. The van der Waals surface area contributed by atoms with Crippen LogP contribution in [0.4, 0.5) is 0 Å². The topological polar surface area (TPSA) is 87.0 Å². The molecule has 242 valence electrons. The van der Waals surface area contributed by atoms with E-state index in [1.807, 2.05) is 6.08 Å². The lowest BCUT2D eigenvalue weighted by Gasteiger charge is -2.49. The zero-order valence-electron chi connectivity index (χ0n) is 27.3. The Balaban J connectivity index is 1.32. The van der Waals surface area contributed by atoms with E-state index >= 15 is 0 Å². The summed E-state index contributed by atoms with van der Waals surface area (Å²) in [5, 5.41) is 37.1. The number of ketones is 1. The Bertz CT molecular complexity index is 1940. The van der Waals surface area contributed by atoms with Crippen LogP contribution in [0, 0.1) is 28.6 Å². The van der Waals surface area contributed by atoms with Gasteiger partial charge in [-0.05, 0) is 94.2 Å². The van der Waals surface area contributed by atoms with Gasteiger partial charge in [0.25, 0.3) is 0 Å². The van der Waals surface area contributed by atoms with Crippen LogP contribution in [-0.2, 0) is 27.8 Å². The molecule has 0 amide bonds.